The van der Waals surface area contributed by atoms with Gasteiger partial charge in [-0.3, -0.25) is 0 Å². The highest BCUT2D eigenvalue weighted by atomic mass is 29.6. The highest BCUT2D eigenvalue weighted by molar-refractivity contribution is 7.67. The lowest BCUT2D eigenvalue weighted by atomic mass is 9.99. The van der Waals surface area contributed by atoms with Gasteiger partial charge in [-0.15, -0.1) is 0 Å². The van der Waals surface area contributed by atoms with Crippen molar-refractivity contribution in [2.45, 2.75) is 97.4 Å². The smallest absolute Gasteiger partial charge is 0.335 e. The van der Waals surface area contributed by atoms with Crippen molar-refractivity contribution in [2.75, 3.05) is 0 Å². The number of carbonyl (C=O) groups is 1. The average molecular weight is 403 g/mol. The van der Waals surface area contributed by atoms with E-state index in [1.54, 1.807) is 13.8 Å². The predicted molar refractivity (Wildman–Crippen MR) is 112 cm³/mol. The minimum atomic E-state index is -1.77. The van der Waals surface area contributed by atoms with Gasteiger partial charge in [0.05, 0.1) is 18.8 Å². The van der Waals surface area contributed by atoms with Gasteiger partial charge in [-0.1, -0.05) is 39.7 Å². The van der Waals surface area contributed by atoms with Crippen molar-refractivity contribution in [3.05, 3.63) is 12.2 Å². The summed E-state index contributed by atoms with van der Waals surface area (Å²) in [5.74, 6) is -0.407. The Morgan fingerprint density at radius 1 is 1.24 bits per heavy atom. The molecular weight excluding hydrogens is 364 g/mol. The molecule has 0 bridgehead atoms. The third-order valence-electron chi connectivity index (χ3n) is 6.51. The van der Waals surface area contributed by atoms with Gasteiger partial charge >= 0.3 is 5.97 Å². The van der Waals surface area contributed by atoms with E-state index in [9.17, 15) is 4.79 Å². The SMILES string of the molecule is C=C(C)C(=O)OC(C)OC(CC)C1(C)C[Si](C)(C)[Si](C)(C)[Si](C)(C)O1. The first-order valence-corrected chi connectivity index (χ1v) is 20.4. The van der Waals surface area contributed by atoms with Crippen molar-refractivity contribution in [1.82, 2.24) is 0 Å². The summed E-state index contributed by atoms with van der Waals surface area (Å²) < 4.78 is 18.4. The van der Waals surface area contributed by atoms with Crippen LogP contribution >= 0.6 is 0 Å². The molecule has 0 aromatic carbocycles. The van der Waals surface area contributed by atoms with Crippen LogP contribution in [-0.2, 0) is 18.7 Å². The van der Waals surface area contributed by atoms with Crippen LogP contribution in [0.2, 0.25) is 45.3 Å². The minimum Gasteiger partial charge on any atom is -0.433 e. The molecule has 0 aromatic rings. The summed E-state index contributed by atoms with van der Waals surface area (Å²) in [6.07, 6.45) is 0.156. The average Bonchev–Trinajstić information content (AvgIpc) is 2.41. The number of carbonyl (C=O) groups excluding carboxylic acids is 1. The van der Waals surface area contributed by atoms with Crippen LogP contribution in [-0.4, -0.2) is 46.5 Å². The molecule has 1 aliphatic rings. The van der Waals surface area contributed by atoms with Gasteiger partial charge in [0.1, 0.15) is 0 Å². The van der Waals surface area contributed by atoms with Crippen LogP contribution in [0.25, 0.3) is 0 Å². The zero-order chi connectivity index (χ0) is 19.8. The summed E-state index contributed by atoms with van der Waals surface area (Å²) in [6.45, 7) is 26.3. The molecule has 3 unspecified atom stereocenters. The van der Waals surface area contributed by atoms with Gasteiger partial charge in [0, 0.05) is 13.2 Å². The fourth-order valence-corrected chi connectivity index (χ4v) is 34.6. The third kappa shape index (κ3) is 4.55. The number of hydrogen-bond donors (Lipinski definition) is 0. The van der Waals surface area contributed by atoms with Crippen LogP contribution in [0.5, 0.6) is 0 Å². The van der Waals surface area contributed by atoms with Crippen molar-refractivity contribution in [3.63, 3.8) is 0 Å². The van der Waals surface area contributed by atoms with E-state index in [0.717, 1.165) is 12.5 Å². The van der Waals surface area contributed by atoms with E-state index in [2.05, 4.69) is 59.7 Å². The van der Waals surface area contributed by atoms with E-state index in [0.29, 0.717) is 5.57 Å². The molecule has 7 heteroatoms. The lowest BCUT2D eigenvalue weighted by molar-refractivity contribution is -0.201. The minimum absolute atomic E-state index is 0.0796. The van der Waals surface area contributed by atoms with E-state index in [-0.39, 0.29) is 11.7 Å². The van der Waals surface area contributed by atoms with Gasteiger partial charge in [-0.25, -0.2) is 4.79 Å². The Morgan fingerprint density at radius 3 is 2.16 bits per heavy atom. The van der Waals surface area contributed by atoms with Crippen molar-refractivity contribution >= 4 is 28.5 Å². The van der Waals surface area contributed by atoms with Gasteiger partial charge in [0.15, 0.2) is 7.83 Å². The Bertz CT molecular complexity index is 508. The van der Waals surface area contributed by atoms with Crippen LogP contribution < -0.4 is 0 Å². The van der Waals surface area contributed by atoms with Crippen molar-refractivity contribution in [3.8, 4) is 0 Å². The zero-order valence-corrected chi connectivity index (χ0v) is 20.9. The van der Waals surface area contributed by atoms with E-state index in [4.69, 9.17) is 13.9 Å². The number of hydrogen-bond acceptors (Lipinski definition) is 4. The highest BCUT2D eigenvalue weighted by Gasteiger charge is 2.63. The summed E-state index contributed by atoms with van der Waals surface area (Å²) in [4.78, 5) is 11.8. The molecule has 146 valence electrons. The second-order valence-electron chi connectivity index (χ2n) is 9.40. The lowest BCUT2D eigenvalue weighted by Crippen LogP contribution is -2.79. The molecule has 0 N–H and O–H groups in total. The molecule has 1 fully saturated rings. The molecule has 4 nitrogen and oxygen atoms in total. The summed E-state index contributed by atoms with van der Waals surface area (Å²) in [5, 5.41) is 0. The highest BCUT2D eigenvalue weighted by Crippen LogP contribution is 2.46. The van der Waals surface area contributed by atoms with E-state index in [1.807, 2.05) is 0 Å². The van der Waals surface area contributed by atoms with Crippen molar-refractivity contribution < 1.29 is 18.7 Å². The van der Waals surface area contributed by atoms with Crippen LogP contribution in [0, 0.1) is 0 Å². The second kappa shape index (κ2) is 7.42. The molecule has 1 aliphatic heterocycles. The fraction of sp³-hybridized carbons (Fsp3) is 0.833. The second-order valence-corrected chi connectivity index (χ2v) is 36.7. The molecular formula is C18H38O4Si3. The quantitative estimate of drug-likeness (QED) is 0.277. The van der Waals surface area contributed by atoms with Gasteiger partial charge < -0.3 is 13.9 Å². The topological polar surface area (TPSA) is 44.8 Å². The first-order chi connectivity index (χ1) is 11.1. The summed E-state index contributed by atoms with van der Waals surface area (Å²) in [7, 11) is -4.54. The number of esters is 1. The molecule has 0 spiro atoms. The standard InChI is InChI=1S/C18H38O4Si3/c1-12-16(20-15(4)21-17(19)14(2)3)18(5)13-23(6,7)25(10,11)24(8,9)22-18/h15-16H,2,12-13H2,1,3-11H3. The number of ether oxygens (including phenoxy) is 2. The molecule has 0 amide bonds. The normalized spacial score (nSPS) is 29.5. The maximum atomic E-state index is 11.8. The molecule has 0 saturated carbocycles. The Morgan fingerprint density at radius 2 is 1.76 bits per heavy atom. The zero-order valence-electron chi connectivity index (χ0n) is 17.9. The van der Waals surface area contributed by atoms with Crippen LogP contribution in [0.15, 0.2) is 12.2 Å². The van der Waals surface area contributed by atoms with Crippen LogP contribution in [0.4, 0.5) is 0 Å². The Labute approximate surface area is 157 Å². The molecule has 0 aliphatic carbocycles. The van der Waals surface area contributed by atoms with Crippen LogP contribution in [0.1, 0.15) is 34.1 Å². The maximum absolute atomic E-state index is 11.8. The first-order valence-electron chi connectivity index (χ1n) is 9.32. The molecule has 0 aromatic heterocycles. The van der Waals surface area contributed by atoms with Gasteiger partial charge in [0.2, 0.25) is 6.29 Å². The molecule has 1 heterocycles. The maximum Gasteiger partial charge on any atom is 0.335 e. The largest absolute Gasteiger partial charge is 0.433 e. The van der Waals surface area contributed by atoms with Crippen molar-refractivity contribution in [1.29, 1.82) is 0 Å². The Balaban J connectivity index is 3.02. The Hall–Kier alpha value is -0.219. The first kappa shape index (κ1) is 22.8. The van der Waals surface area contributed by atoms with Gasteiger partial charge in [0.25, 0.3) is 0 Å². The van der Waals surface area contributed by atoms with Crippen molar-refractivity contribution in [2.24, 2.45) is 0 Å². The van der Waals surface area contributed by atoms with Gasteiger partial charge in [-0.2, -0.15) is 0 Å². The molecule has 1 saturated heterocycles. The summed E-state index contributed by atoms with van der Waals surface area (Å²) in [6, 6.07) is 1.11. The van der Waals surface area contributed by atoms with Crippen LogP contribution in [0.3, 0.4) is 0 Å². The monoisotopic (exact) mass is 402 g/mol. The molecule has 0 radical (unpaired) electrons. The van der Waals surface area contributed by atoms with Gasteiger partial charge in [-0.05, 0) is 46.3 Å². The number of rotatable bonds is 6. The molecule has 1 rings (SSSR count). The van der Waals surface area contributed by atoms with E-state index in [1.165, 1.54) is 0 Å². The third-order valence-corrected chi connectivity index (χ3v) is 47.0. The fourth-order valence-electron chi connectivity index (χ4n) is 4.02. The Kier molecular flexibility index (Phi) is 6.77. The molecule has 3 atom stereocenters. The molecule has 25 heavy (non-hydrogen) atoms. The predicted octanol–water partition coefficient (Wildman–Crippen LogP) is 4.81. The summed E-state index contributed by atoms with van der Waals surface area (Å²) >= 11 is 0. The lowest BCUT2D eigenvalue weighted by Gasteiger charge is -2.60. The van der Waals surface area contributed by atoms with E-state index < -0.39 is 34.8 Å². The summed E-state index contributed by atoms with van der Waals surface area (Å²) in [5.41, 5.74) is 0.0885. The van der Waals surface area contributed by atoms with E-state index >= 15 is 0 Å².